The zero-order valence-electron chi connectivity index (χ0n) is 8.25. The summed E-state index contributed by atoms with van der Waals surface area (Å²) in [7, 11) is 1.74. The van der Waals surface area contributed by atoms with Gasteiger partial charge in [-0.15, -0.1) is 0 Å². The van der Waals surface area contributed by atoms with Crippen LogP contribution in [-0.4, -0.2) is 24.2 Å². The molecular formula is C10H19NO2. The fraction of sp³-hybridized carbons (Fsp3) is 0.900. The summed E-state index contributed by atoms with van der Waals surface area (Å²) < 4.78 is 0. The Morgan fingerprint density at radius 3 is 2.23 bits per heavy atom. The van der Waals surface area contributed by atoms with Crippen LogP contribution in [0.3, 0.4) is 0 Å². The molecule has 2 N–H and O–H groups in total. The summed E-state index contributed by atoms with van der Waals surface area (Å²) in [5.41, 5.74) is 0. The first-order valence-corrected chi connectivity index (χ1v) is 5.15. The maximum absolute atomic E-state index is 10.9. The Morgan fingerprint density at radius 2 is 1.85 bits per heavy atom. The summed E-state index contributed by atoms with van der Waals surface area (Å²) in [6, 6.07) is -0.335. The molecular weight excluding hydrogens is 166 g/mol. The predicted octanol–water partition coefficient (Wildman–Crippen LogP) is 1.63. The molecule has 1 atom stereocenters. The number of likely N-dealkylation sites (N-methyl/N-ethyl adjacent to an activating group) is 1. The highest BCUT2D eigenvalue weighted by Crippen LogP contribution is 2.25. The van der Waals surface area contributed by atoms with E-state index in [2.05, 4.69) is 5.32 Å². The van der Waals surface area contributed by atoms with E-state index in [4.69, 9.17) is 5.11 Å². The zero-order valence-corrected chi connectivity index (χ0v) is 8.25. The summed E-state index contributed by atoms with van der Waals surface area (Å²) in [5, 5.41) is 11.9. The van der Waals surface area contributed by atoms with Gasteiger partial charge in [0.1, 0.15) is 6.04 Å². The van der Waals surface area contributed by atoms with Crippen LogP contribution in [0.1, 0.15) is 38.5 Å². The second-order valence-electron chi connectivity index (χ2n) is 3.86. The molecule has 0 aliphatic heterocycles. The average Bonchev–Trinajstić information content (AvgIpc) is 2.33. The van der Waals surface area contributed by atoms with Crippen molar-refractivity contribution in [2.75, 3.05) is 7.05 Å². The normalized spacial score (nSPS) is 22.2. The van der Waals surface area contributed by atoms with Crippen LogP contribution in [0.2, 0.25) is 0 Å². The van der Waals surface area contributed by atoms with Gasteiger partial charge in [0.2, 0.25) is 0 Å². The molecule has 3 nitrogen and oxygen atoms in total. The molecule has 3 heteroatoms. The number of carboxylic acids is 1. The van der Waals surface area contributed by atoms with E-state index in [1.807, 2.05) is 0 Å². The van der Waals surface area contributed by atoms with E-state index in [9.17, 15) is 4.79 Å². The fourth-order valence-corrected chi connectivity index (χ4v) is 2.21. The minimum atomic E-state index is -0.700. The van der Waals surface area contributed by atoms with E-state index in [1.54, 1.807) is 7.05 Å². The minimum absolute atomic E-state index is 0.335. The Kier molecular flexibility index (Phi) is 4.22. The van der Waals surface area contributed by atoms with Crippen molar-refractivity contribution in [3.63, 3.8) is 0 Å². The number of rotatable bonds is 3. The molecule has 13 heavy (non-hydrogen) atoms. The maximum atomic E-state index is 10.9. The molecule has 0 saturated heterocycles. The Labute approximate surface area is 79.5 Å². The Morgan fingerprint density at radius 1 is 1.31 bits per heavy atom. The Hall–Kier alpha value is -0.570. The highest BCUT2D eigenvalue weighted by molar-refractivity contribution is 5.73. The van der Waals surface area contributed by atoms with E-state index >= 15 is 0 Å². The van der Waals surface area contributed by atoms with Gasteiger partial charge < -0.3 is 10.4 Å². The van der Waals surface area contributed by atoms with Gasteiger partial charge in [-0.05, 0) is 25.8 Å². The summed E-state index contributed by atoms with van der Waals surface area (Å²) in [6.07, 6.45) is 7.06. The quantitative estimate of drug-likeness (QED) is 0.657. The van der Waals surface area contributed by atoms with Crippen molar-refractivity contribution < 1.29 is 9.90 Å². The van der Waals surface area contributed by atoms with Crippen LogP contribution in [0, 0.1) is 5.92 Å². The lowest BCUT2D eigenvalue weighted by Crippen LogP contribution is -2.40. The number of carboxylic acid groups (broad SMARTS) is 1. The summed E-state index contributed by atoms with van der Waals surface area (Å²) in [5.74, 6) is -0.362. The van der Waals surface area contributed by atoms with Gasteiger partial charge in [0.05, 0.1) is 0 Å². The van der Waals surface area contributed by atoms with Gasteiger partial charge >= 0.3 is 5.97 Å². The molecule has 1 aliphatic carbocycles. The van der Waals surface area contributed by atoms with Gasteiger partial charge in [-0.3, -0.25) is 4.79 Å². The molecule has 1 rings (SSSR count). The lowest BCUT2D eigenvalue weighted by atomic mass is 9.92. The molecule has 0 aromatic carbocycles. The first kappa shape index (κ1) is 10.5. The largest absolute Gasteiger partial charge is 0.480 e. The molecule has 0 unspecified atom stereocenters. The number of hydrogen-bond donors (Lipinski definition) is 2. The van der Waals surface area contributed by atoms with Crippen molar-refractivity contribution in [3.05, 3.63) is 0 Å². The van der Waals surface area contributed by atoms with Crippen LogP contribution < -0.4 is 5.32 Å². The molecule has 0 amide bonds. The number of carbonyl (C=O) groups is 1. The number of hydrogen-bond acceptors (Lipinski definition) is 2. The Bertz CT molecular complexity index is 162. The van der Waals surface area contributed by atoms with Crippen molar-refractivity contribution in [1.82, 2.24) is 5.32 Å². The van der Waals surface area contributed by atoms with Gasteiger partial charge in [-0.1, -0.05) is 25.7 Å². The monoisotopic (exact) mass is 185 g/mol. The first-order chi connectivity index (χ1) is 6.25. The molecule has 0 bridgehead atoms. The zero-order chi connectivity index (χ0) is 9.68. The van der Waals surface area contributed by atoms with E-state index in [0.717, 1.165) is 12.8 Å². The van der Waals surface area contributed by atoms with Gasteiger partial charge in [-0.2, -0.15) is 0 Å². The predicted molar refractivity (Wildman–Crippen MR) is 51.7 cm³/mol. The van der Waals surface area contributed by atoms with Crippen molar-refractivity contribution in [1.29, 1.82) is 0 Å². The SMILES string of the molecule is CN[C@H](C(=O)O)C1CCCCCC1. The molecule has 1 saturated carbocycles. The summed E-state index contributed by atoms with van der Waals surface area (Å²) in [6.45, 7) is 0. The molecule has 0 spiro atoms. The van der Waals surface area contributed by atoms with Crippen molar-refractivity contribution in [2.45, 2.75) is 44.6 Å². The molecule has 0 radical (unpaired) electrons. The van der Waals surface area contributed by atoms with Crippen LogP contribution in [0.4, 0.5) is 0 Å². The lowest BCUT2D eigenvalue weighted by Gasteiger charge is -2.21. The molecule has 1 fully saturated rings. The molecule has 1 aliphatic rings. The second kappa shape index (κ2) is 5.22. The topological polar surface area (TPSA) is 49.3 Å². The molecule has 0 aromatic rings. The van der Waals surface area contributed by atoms with E-state index in [-0.39, 0.29) is 6.04 Å². The first-order valence-electron chi connectivity index (χ1n) is 5.15. The van der Waals surface area contributed by atoms with Crippen molar-refractivity contribution >= 4 is 5.97 Å². The van der Waals surface area contributed by atoms with Crippen LogP contribution in [0.25, 0.3) is 0 Å². The molecule has 0 aromatic heterocycles. The lowest BCUT2D eigenvalue weighted by molar-refractivity contribution is -0.141. The van der Waals surface area contributed by atoms with Gasteiger partial charge in [0, 0.05) is 0 Å². The van der Waals surface area contributed by atoms with Gasteiger partial charge in [0.25, 0.3) is 0 Å². The Balaban J connectivity index is 2.50. The minimum Gasteiger partial charge on any atom is -0.480 e. The second-order valence-corrected chi connectivity index (χ2v) is 3.86. The van der Waals surface area contributed by atoms with E-state index in [1.165, 1.54) is 25.7 Å². The smallest absolute Gasteiger partial charge is 0.320 e. The third-order valence-corrected chi connectivity index (χ3v) is 2.95. The van der Waals surface area contributed by atoms with Crippen LogP contribution in [0.5, 0.6) is 0 Å². The van der Waals surface area contributed by atoms with E-state index in [0.29, 0.717) is 5.92 Å². The van der Waals surface area contributed by atoms with Crippen LogP contribution >= 0.6 is 0 Å². The average molecular weight is 185 g/mol. The van der Waals surface area contributed by atoms with Crippen LogP contribution in [0.15, 0.2) is 0 Å². The molecule has 0 heterocycles. The standard InChI is InChI=1S/C10H19NO2/c1-11-9(10(12)13)8-6-4-2-3-5-7-8/h8-9,11H,2-7H2,1H3,(H,12,13)/t9-/m0/s1. The van der Waals surface area contributed by atoms with Crippen LogP contribution in [-0.2, 0) is 4.79 Å². The van der Waals surface area contributed by atoms with Crippen molar-refractivity contribution in [2.24, 2.45) is 5.92 Å². The number of nitrogens with one attached hydrogen (secondary N) is 1. The van der Waals surface area contributed by atoms with E-state index < -0.39 is 5.97 Å². The third-order valence-electron chi connectivity index (χ3n) is 2.95. The maximum Gasteiger partial charge on any atom is 0.320 e. The van der Waals surface area contributed by atoms with Gasteiger partial charge in [0.15, 0.2) is 0 Å². The highest BCUT2D eigenvalue weighted by atomic mass is 16.4. The fourth-order valence-electron chi connectivity index (χ4n) is 2.21. The summed E-state index contributed by atoms with van der Waals surface area (Å²) in [4.78, 5) is 10.9. The third kappa shape index (κ3) is 2.99. The van der Waals surface area contributed by atoms with Gasteiger partial charge in [-0.25, -0.2) is 0 Å². The molecule has 76 valence electrons. The van der Waals surface area contributed by atoms with Crippen molar-refractivity contribution in [3.8, 4) is 0 Å². The number of aliphatic carboxylic acids is 1. The highest BCUT2D eigenvalue weighted by Gasteiger charge is 2.26. The summed E-state index contributed by atoms with van der Waals surface area (Å²) >= 11 is 0.